The van der Waals surface area contributed by atoms with Crippen LogP contribution in [-0.4, -0.2) is 82.7 Å². The van der Waals surface area contributed by atoms with Crippen LogP contribution in [0.15, 0.2) is 30.5 Å². The highest BCUT2D eigenvalue weighted by molar-refractivity contribution is 7.91. The third-order valence-electron chi connectivity index (χ3n) is 8.66. The first kappa shape index (κ1) is 35.4. The van der Waals surface area contributed by atoms with Crippen molar-refractivity contribution in [1.29, 1.82) is 0 Å². The van der Waals surface area contributed by atoms with Gasteiger partial charge in [-0.15, -0.1) is 0 Å². The lowest BCUT2D eigenvalue weighted by Gasteiger charge is -2.42. The number of carbonyl (C=O) groups excluding carboxylic acids is 2. The molecule has 0 radical (unpaired) electrons. The summed E-state index contributed by atoms with van der Waals surface area (Å²) in [6, 6.07) is 8.07. The second-order valence-electron chi connectivity index (χ2n) is 14.2. The number of fused-ring (bicyclic) bond motifs is 3. The van der Waals surface area contributed by atoms with Gasteiger partial charge in [0.1, 0.15) is 15.4 Å². The van der Waals surface area contributed by atoms with Gasteiger partial charge in [0.25, 0.3) is 0 Å². The van der Waals surface area contributed by atoms with Gasteiger partial charge in [-0.2, -0.15) is 0 Å². The Labute approximate surface area is 274 Å². The number of sulfone groups is 1. The SMILES string of the molecule is CC.Cc1c(-c2ccc(CN3CCC(S(C)(=O)=O)CC3)cc2)n(C(=O)OC(C)(C)C)c2ncc3c(c12)CN(C(C)(C)C)C(=O)N3C. The van der Waals surface area contributed by atoms with E-state index in [2.05, 4.69) is 17.0 Å². The third kappa shape index (κ3) is 7.10. The highest BCUT2D eigenvalue weighted by Crippen LogP contribution is 2.41. The Kier molecular flexibility index (Phi) is 10.00. The average Bonchev–Trinajstić information content (AvgIpc) is 3.27. The van der Waals surface area contributed by atoms with Gasteiger partial charge in [0.2, 0.25) is 0 Å². The smallest absolute Gasteiger partial charge is 0.420 e. The summed E-state index contributed by atoms with van der Waals surface area (Å²) in [5, 5.41) is 0.585. The summed E-state index contributed by atoms with van der Waals surface area (Å²) in [5.41, 5.74) is 4.63. The molecule has 0 N–H and O–H groups in total. The van der Waals surface area contributed by atoms with Gasteiger partial charge in [0, 0.05) is 36.3 Å². The molecule has 1 saturated heterocycles. The Bertz CT molecular complexity index is 1710. The van der Waals surface area contributed by atoms with Crippen LogP contribution in [0, 0.1) is 6.92 Å². The number of aryl methyl sites for hydroxylation is 1. The zero-order valence-corrected chi connectivity index (χ0v) is 30.2. The van der Waals surface area contributed by atoms with Crippen molar-refractivity contribution in [3.8, 4) is 11.3 Å². The number of ether oxygens (including phenoxy) is 1. The van der Waals surface area contributed by atoms with Crippen LogP contribution < -0.4 is 4.90 Å². The fourth-order valence-electron chi connectivity index (χ4n) is 6.32. The van der Waals surface area contributed by atoms with Crippen LogP contribution in [0.2, 0.25) is 0 Å². The molecule has 0 spiro atoms. The van der Waals surface area contributed by atoms with Gasteiger partial charge in [-0.1, -0.05) is 38.1 Å². The molecule has 1 fully saturated rings. The number of urea groups is 1. The number of pyridine rings is 1. The van der Waals surface area contributed by atoms with Crippen molar-refractivity contribution in [2.75, 3.05) is 31.3 Å². The van der Waals surface area contributed by atoms with E-state index in [4.69, 9.17) is 9.72 Å². The molecule has 2 aliphatic rings. The first-order valence-electron chi connectivity index (χ1n) is 16.2. The molecule has 2 amide bonds. The molecular formula is C35H51N5O5S. The van der Waals surface area contributed by atoms with E-state index in [-0.39, 0.29) is 11.3 Å². The second kappa shape index (κ2) is 13.0. The predicted octanol–water partition coefficient (Wildman–Crippen LogP) is 7.00. The lowest BCUT2D eigenvalue weighted by atomic mass is 9.98. The summed E-state index contributed by atoms with van der Waals surface area (Å²) >= 11 is 0. The topological polar surface area (TPSA) is 105 Å². The summed E-state index contributed by atoms with van der Waals surface area (Å²) in [6.07, 6.45) is 3.79. The third-order valence-corrected chi connectivity index (χ3v) is 10.3. The fourth-order valence-corrected chi connectivity index (χ4v) is 7.39. The van der Waals surface area contributed by atoms with Crippen molar-refractivity contribution in [1.82, 2.24) is 19.4 Å². The second-order valence-corrected chi connectivity index (χ2v) is 16.5. The fraction of sp³-hybridized carbons (Fsp3) is 0.571. The van der Waals surface area contributed by atoms with Gasteiger partial charge in [0.05, 0.1) is 29.4 Å². The summed E-state index contributed by atoms with van der Waals surface area (Å²) in [6.45, 7) is 20.2. The molecule has 10 nitrogen and oxygen atoms in total. The predicted molar refractivity (Wildman–Crippen MR) is 185 cm³/mol. The minimum atomic E-state index is -3.01. The number of anilines is 1. The van der Waals surface area contributed by atoms with Crippen molar-refractivity contribution >= 4 is 38.7 Å². The van der Waals surface area contributed by atoms with Gasteiger partial charge >= 0.3 is 12.1 Å². The highest BCUT2D eigenvalue weighted by Gasteiger charge is 2.38. The van der Waals surface area contributed by atoms with Crippen LogP contribution in [0.25, 0.3) is 22.3 Å². The Morgan fingerprint density at radius 3 is 2.13 bits per heavy atom. The van der Waals surface area contributed by atoms with Crippen molar-refractivity contribution in [2.24, 2.45) is 0 Å². The number of rotatable bonds is 4. The van der Waals surface area contributed by atoms with Gasteiger partial charge in [-0.25, -0.2) is 27.6 Å². The number of piperidine rings is 1. The molecule has 3 aromatic rings. The van der Waals surface area contributed by atoms with E-state index in [1.54, 1.807) is 22.7 Å². The summed E-state index contributed by atoms with van der Waals surface area (Å²) in [4.78, 5) is 37.6. The van der Waals surface area contributed by atoms with E-state index in [0.29, 0.717) is 30.7 Å². The van der Waals surface area contributed by atoms with Crippen molar-refractivity contribution in [3.05, 3.63) is 47.2 Å². The number of carbonyl (C=O) groups is 2. The summed E-state index contributed by atoms with van der Waals surface area (Å²) in [5.74, 6) is 0. The van der Waals surface area contributed by atoms with Gasteiger partial charge in [0.15, 0.2) is 5.65 Å². The lowest BCUT2D eigenvalue weighted by Crippen LogP contribution is -2.53. The average molecular weight is 654 g/mol. The molecule has 46 heavy (non-hydrogen) atoms. The Morgan fingerprint density at radius 2 is 1.61 bits per heavy atom. The number of aromatic nitrogens is 2. The molecule has 2 aromatic heterocycles. The van der Waals surface area contributed by atoms with E-state index in [1.165, 1.54) is 6.26 Å². The minimum Gasteiger partial charge on any atom is -0.443 e. The molecule has 11 heteroatoms. The van der Waals surface area contributed by atoms with Crippen LogP contribution in [0.5, 0.6) is 0 Å². The standard InChI is InChI=1S/C33H45N5O5S.C2H6/c1-21-27-25-20-37(32(2,3)4)30(39)35(8)26(25)18-34-29(27)38(31(40)43-33(5,6)7)28(21)23-12-10-22(11-13-23)19-36-16-14-24(15-17-36)44(9,41)42;1-2/h10-13,18,24H,14-17,19-20H2,1-9H3;1-2H3. The Balaban J connectivity index is 0.00000235. The van der Waals surface area contributed by atoms with Crippen LogP contribution in [0.1, 0.15) is 84.9 Å². The monoisotopic (exact) mass is 653 g/mol. The largest absolute Gasteiger partial charge is 0.443 e. The molecule has 0 bridgehead atoms. The van der Waals surface area contributed by atoms with Gasteiger partial charge in [-0.05, 0) is 91.1 Å². The normalized spacial score (nSPS) is 16.7. The maximum atomic E-state index is 13.8. The molecule has 0 atom stereocenters. The minimum absolute atomic E-state index is 0.0910. The van der Waals surface area contributed by atoms with Crippen LogP contribution in [0.3, 0.4) is 0 Å². The van der Waals surface area contributed by atoms with Crippen LogP contribution in [0.4, 0.5) is 15.3 Å². The number of amides is 2. The lowest BCUT2D eigenvalue weighted by molar-refractivity contribution is 0.0546. The molecule has 252 valence electrons. The van der Waals surface area contributed by atoms with Gasteiger partial charge < -0.3 is 9.64 Å². The van der Waals surface area contributed by atoms with Gasteiger partial charge in [-0.3, -0.25) is 9.80 Å². The first-order valence-corrected chi connectivity index (χ1v) is 18.1. The van der Waals surface area contributed by atoms with E-state index in [9.17, 15) is 18.0 Å². The maximum absolute atomic E-state index is 13.8. The van der Waals surface area contributed by atoms with E-state index < -0.39 is 27.1 Å². The quantitative estimate of drug-likeness (QED) is 0.299. The molecule has 5 rings (SSSR count). The van der Waals surface area contributed by atoms with Crippen molar-refractivity contribution in [3.63, 3.8) is 0 Å². The molecule has 1 aromatic carbocycles. The van der Waals surface area contributed by atoms with Crippen LogP contribution >= 0.6 is 0 Å². The highest BCUT2D eigenvalue weighted by atomic mass is 32.2. The zero-order chi connectivity index (χ0) is 34.4. The molecule has 0 aliphatic carbocycles. The van der Waals surface area contributed by atoms with Crippen molar-refractivity contribution in [2.45, 2.75) is 105 Å². The van der Waals surface area contributed by atoms with E-state index in [1.807, 2.05) is 79.3 Å². The molecule has 2 aliphatic heterocycles. The summed E-state index contributed by atoms with van der Waals surface area (Å²) < 4.78 is 31.4. The number of benzene rings is 1. The van der Waals surface area contributed by atoms with E-state index in [0.717, 1.165) is 53.0 Å². The molecule has 0 saturated carbocycles. The molecule has 0 unspecified atom stereocenters. The Morgan fingerprint density at radius 1 is 1.02 bits per heavy atom. The number of nitrogens with zero attached hydrogens (tertiary/aromatic N) is 5. The number of hydrogen-bond acceptors (Lipinski definition) is 7. The zero-order valence-electron chi connectivity index (χ0n) is 29.4. The van der Waals surface area contributed by atoms with Crippen molar-refractivity contribution < 1.29 is 22.7 Å². The number of likely N-dealkylation sites (tertiary alicyclic amines) is 1. The molecule has 4 heterocycles. The molecular weight excluding hydrogens is 602 g/mol. The van der Waals surface area contributed by atoms with E-state index >= 15 is 0 Å². The number of hydrogen-bond donors (Lipinski definition) is 0. The first-order chi connectivity index (χ1) is 21.4. The Hall–Kier alpha value is -3.44. The van der Waals surface area contributed by atoms with Crippen LogP contribution in [-0.2, 0) is 27.7 Å². The summed E-state index contributed by atoms with van der Waals surface area (Å²) in [7, 11) is -1.25. The maximum Gasteiger partial charge on any atom is 0.420 e.